The number of alkyl carbamates (subject to hydrolysis) is 1. The van der Waals surface area contributed by atoms with E-state index in [1.165, 1.54) is 0 Å². The number of ether oxygens (including phenoxy) is 4. The lowest BCUT2D eigenvalue weighted by Gasteiger charge is -2.24. The molecule has 1 rings (SSSR count). The van der Waals surface area contributed by atoms with Gasteiger partial charge >= 0.3 is 6.09 Å². The van der Waals surface area contributed by atoms with Crippen molar-refractivity contribution < 1.29 is 23.7 Å². The third-order valence-electron chi connectivity index (χ3n) is 3.76. The molecule has 0 aliphatic carbocycles. The molecule has 6 heteroatoms. The van der Waals surface area contributed by atoms with Crippen molar-refractivity contribution in [2.75, 3.05) is 27.9 Å². The topological polar surface area (TPSA) is 66.0 Å². The van der Waals surface area contributed by atoms with E-state index in [4.69, 9.17) is 18.9 Å². The first-order valence-corrected chi connectivity index (χ1v) is 8.96. The molecule has 1 amide bonds. The van der Waals surface area contributed by atoms with Crippen molar-refractivity contribution in [1.82, 2.24) is 5.32 Å². The first-order valence-electron chi connectivity index (χ1n) is 8.96. The standard InChI is InChI=1S/C20H33NO5/c1-8-9-14-11-18(25-7)15(12-17(14)24-6)10-16(13-23-5)21-19(22)26-20(2,3)4/h11-12,16H,8-10,13H2,1-7H3,(H,21,22). The summed E-state index contributed by atoms with van der Waals surface area (Å²) in [5, 5.41) is 2.87. The Hall–Kier alpha value is -1.95. The molecule has 0 radical (unpaired) electrons. The van der Waals surface area contributed by atoms with Gasteiger partial charge in [0.25, 0.3) is 0 Å². The molecule has 0 aliphatic rings. The number of nitrogens with one attached hydrogen (secondary N) is 1. The van der Waals surface area contributed by atoms with Crippen LogP contribution in [0.3, 0.4) is 0 Å². The van der Waals surface area contributed by atoms with Crippen molar-refractivity contribution in [2.24, 2.45) is 0 Å². The number of hydrogen-bond donors (Lipinski definition) is 1. The maximum atomic E-state index is 12.1. The van der Waals surface area contributed by atoms with Gasteiger partial charge in [0.2, 0.25) is 0 Å². The highest BCUT2D eigenvalue weighted by atomic mass is 16.6. The molecule has 1 unspecified atom stereocenters. The van der Waals surface area contributed by atoms with E-state index in [0.717, 1.165) is 35.5 Å². The third kappa shape index (κ3) is 7.12. The fourth-order valence-corrected chi connectivity index (χ4v) is 2.74. The third-order valence-corrected chi connectivity index (χ3v) is 3.76. The summed E-state index contributed by atoms with van der Waals surface area (Å²) in [5.41, 5.74) is 1.51. The maximum absolute atomic E-state index is 12.1. The molecule has 6 nitrogen and oxygen atoms in total. The van der Waals surface area contributed by atoms with Crippen LogP contribution < -0.4 is 14.8 Å². The number of amides is 1. The van der Waals surface area contributed by atoms with Gasteiger partial charge in [-0.1, -0.05) is 13.3 Å². The Morgan fingerprint density at radius 3 is 2.15 bits per heavy atom. The van der Waals surface area contributed by atoms with Crippen molar-refractivity contribution in [3.05, 3.63) is 23.3 Å². The molecule has 148 valence electrons. The zero-order chi connectivity index (χ0) is 19.7. The second kappa shape index (κ2) is 10.3. The van der Waals surface area contributed by atoms with Gasteiger partial charge in [-0.3, -0.25) is 0 Å². The Morgan fingerprint density at radius 2 is 1.65 bits per heavy atom. The largest absolute Gasteiger partial charge is 0.496 e. The summed E-state index contributed by atoms with van der Waals surface area (Å²) < 4.78 is 21.7. The number of benzene rings is 1. The number of carbonyl (C=O) groups excluding carboxylic acids is 1. The summed E-state index contributed by atoms with van der Waals surface area (Å²) in [6, 6.07) is 3.74. The average molecular weight is 367 g/mol. The van der Waals surface area contributed by atoms with Crippen molar-refractivity contribution in [1.29, 1.82) is 0 Å². The average Bonchev–Trinajstić information content (AvgIpc) is 2.54. The molecular formula is C20H33NO5. The summed E-state index contributed by atoms with van der Waals surface area (Å²) in [6.45, 7) is 7.98. The molecule has 26 heavy (non-hydrogen) atoms. The quantitative estimate of drug-likeness (QED) is 0.720. The molecule has 0 aliphatic heterocycles. The highest BCUT2D eigenvalue weighted by molar-refractivity contribution is 5.68. The Morgan fingerprint density at radius 1 is 1.08 bits per heavy atom. The molecule has 0 bridgehead atoms. The molecule has 1 atom stereocenters. The van der Waals surface area contributed by atoms with Crippen LogP contribution in [0.4, 0.5) is 4.79 Å². The van der Waals surface area contributed by atoms with E-state index in [1.807, 2.05) is 32.9 Å². The summed E-state index contributed by atoms with van der Waals surface area (Å²) >= 11 is 0. The van der Waals surface area contributed by atoms with Crippen LogP contribution in [0.25, 0.3) is 0 Å². The van der Waals surface area contributed by atoms with Crippen LogP contribution in [0.15, 0.2) is 12.1 Å². The van der Waals surface area contributed by atoms with Gasteiger partial charge < -0.3 is 24.3 Å². The summed E-state index contributed by atoms with van der Waals surface area (Å²) in [5.74, 6) is 1.61. The van der Waals surface area contributed by atoms with Crippen molar-refractivity contribution >= 4 is 6.09 Å². The fourth-order valence-electron chi connectivity index (χ4n) is 2.74. The molecule has 1 N–H and O–H groups in total. The number of aryl methyl sites for hydroxylation is 1. The molecule has 0 aromatic heterocycles. The number of carbonyl (C=O) groups is 1. The van der Waals surface area contributed by atoms with Gasteiger partial charge in [0.1, 0.15) is 17.1 Å². The van der Waals surface area contributed by atoms with Gasteiger partial charge in [-0.2, -0.15) is 0 Å². The van der Waals surface area contributed by atoms with Crippen LogP contribution in [0, 0.1) is 0 Å². The number of methoxy groups -OCH3 is 3. The van der Waals surface area contributed by atoms with Crippen molar-refractivity contribution in [3.63, 3.8) is 0 Å². The molecule has 1 aromatic carbocycles. The molecule has 0 spiro atoms. The van der Waals surface area contributed by atoms with Crippen molar-refractivity contribution in [2.45, 2.75) is 58.6 Å². The monoisotopic (exact) mass is 367 g/mol. The van der Waals surface area contributed by atoms with E-state index < -0.39 is 11.7 Å². The van der Waals surface area contributed by atoms with Crippen LogP contribution in [-0.4, -0.2) is 45.7 Å². The number of hydrogen-bond acceptors (Lipinski definition) is 5. The Balaban J connectivity index is 3.01. The van der Waals surface area contributed by atoms with Gasteiger partial charge in [-0.25, -0.2) is 4.79 Å². The number of rotatable bonds is 9. The molecule has 0 fully saturated rings. The van der Waals surface area contributed by atoms with Gasteiger partial charge in [0.05, 0.1) is 26.9 Å². The fraction of sp³-hybridized carbons (Fsp3) is 0.650. The van der Waals surface area contributed by atoms with E-state index in [1.54, 1.807) is 21.3 Å². The molecule has 0 saturated carbocycles. The minimum absolute atomic E-state index is 0.245. The predicted octanol–water partition coefficient (Wildman–Crippen LogP) is 3.74. The first kappa shape index (κ1) is 22.1. The Bertz CT molecular complexity index is 580. The van der Waals surface area contributed by atoms with E-state index in [0.29, 0.717) is 13.0 Å². The van der Waals surface area contributed by atoms with E-state index in [9.17, 15) is 4.79 Å². The summed E-state index contributed by atoms with van der Waals surface area (Å²) in [4.78, 5) is 12.1. The lowest BCUT2D eigenvalue weighted by molar-refractivity contribution is 0.0469. The van der Waals surface area contributed by atoms with Gasteiger partial charge in [-0.15, -0.1) is 0 Å². The van der Waals surface area contributed by atoms with Crippen LogP contribution in [0.1, 0.15) is 45.2 Å². The van der Waals surface area contributed by atoms with Crippen LogP contribution in [-0.2, 0) is 22.3 Å². The molecule has 0 saturated heterocycles. The van der Waals surface area contributed by atoms with Crippen molar-refractivity contribution in [3.8, 4) is 11.5 Å². The minimum Gasteiger partial charge on any atom is -0.496 e. The lowest BCUT2D eigenvalue weighted by atomic mass is 10.00. The zero-order valence-corrected chi connectivity index (χ0v) is 17.1. The second-order valence-electron chi connectivity index (χ2n) is 7.23. The normalized spacial score (nSPS) is 12.4. The highest BCUT2D eigenvalue weighted by Crippen LogP contribution is 2.30. The summed E-state index contributed by atoms with van der Waals surface area (Å²) in [7, 11) is 4.91. The lowest BCUT2D eigenvalue weighted by Crippen LogP contribution is -2.42. The second-order valence-corrected chi connectivity index (χ2v) is 7.23. The molecule has 1 aromatic rings. The Kier molecular flexibility index (Phi) is 8.72. The Labute approximate surface area is 157 Å². The van der Waals surface area contributed by atoms with E-state index in [2.05, 4.69) is 12.2 Å². The van der Waals surface area contributed by atoms with Gasteiger partial charge in [0.15, 0.2) is 0 Å². The smallest absolute Gasteiger partial charge is 0.407 e. The zero-order valence-electron chi connectivity index (χ0n) is 17.1. The first-order chi connectivity index (χ1) is 12.2. The summed E-state index contributed by atoms with van der Waals surface area (Å²) in [6.07, 6.45) is 2.01. The van der Waals surface area contributed by atoms with E-state index in [-0.39, 0.29) is 6.04 Å². The SMILES string of the molecule is CCCc1cc(OC)c(CC(COC)NC(=O)OC(C)(C)C)cc1OC. The van der Waals surface area contributed by atoms with Gasteiger partial charge in [0, 0.05) is 7.11 Å². The van der Waals surface area contributed by atoms with Crippen LogP contribution in [0.5, 0.6) is 11.5 Å². The highest BCUT2D eigenvalue weighted by Gasteiger charge is 2.21. The maximum Gasteiger partial charge on any atom is 0.407 e. The molecular weight excluding hydrogens is 334 g/mol. The molecule has 0 heterocycles. The van der Waals surface area contributed by atoms with E-state index >= 15 is 0 Å². The van der Waals surface area contributed by atoms with Crippen LogP contribution >= 0.6 is 0 Å². The predicted molar refractivity (Wildman–Crippen MR) is 102 cm³/mol. The van der Waals surface area contributed by atoms with Crippen LogP contribution in [0.2, 0.25) is 0 Å². The minimum atomic E-state index is -0.551. The van der Waals surface area contributed by atoms with Gasteiger partial charge in [-0.05, 0) is 56.9 Å².